The SMILES string of the molecule is CCc1csc([C@H](Cc2ccc(OS(N)(=O)=O)cc2)NC(=O)c2ccccc2)n1. The smallest absolute Gasteiger partial charge is 0.371 e. The molecule has 0 bridgehead atoms. The van der Waals surface area contributed by atoms with E-state index in [9.17, 15) is 13.2 Å². The van der Waals surface area contributed by atoms with Crippen LogP contribution in [0, 0.1) is 0 Å². The number of nitrogens with zero attached hydrogens (tertiary/aromatic N) is 1. The highest BCUT2D eigenvalue weighted by Crippen LogP contribution is 2.24. The number of hydrogen-bond acceptors (Lipinski definition) is 6. The van der Waals surface area contributed by atoms with Crippen molar-refractivity contribution < 1.29 is 17.4 Å². The third kappa shape index (κ3) is 6.11. The summed E-state index contributed by atoms with van der Waals surface area (Å²) < 4.78 is 26.7. The van der Waals surface area contributed by atoms with Crippen LogP contribution in [-0.2, 0) is 23.1 Å². The summed E-state index contributed by atoms with van der Waals surface area (Å²) in [5.41, 5.74) is 2.43. The van der Waals surface area contributed by atoms with Crippen molar-refractivity contribution in [2.75, 3.05) is 0 Å². The van der Waals surface area contributed by atoms with E-state index in [0.29, 0.717) is 12.0 Å². The quantitative estimate of drug-likeness (QED) is 0.569. The molecule has 1 amide bonds. The van der Waals surface area contributed by atoms with Crippen LogP contribution < -0.4 is 14.6 Å². The Morgan fingerprint density at radius 3 is 2.45 bits per heavy atom. The molecule has 0 spiro atoms. The maximum atomic E-state index is 12.7. The first kappa shape index (κ1) is 21.0. The van der Waals surface area contributed by atoms with Crippen LogP contribution >= 0.6 is 11.3 Å². The van der Waals surface area contributed by atoms with Gasteiger partial charge in [0.2, 0.25) is 0 Å². The maximum Gasteiger partial charge on any atom is 0.380 e. The first-order valence-electron chi connectivity index (χ1n) is 8.95. The molecule has 0 saturated heterocycles. The topological polar surface area (TPSA) is 111 Å². The van der Waals surface area contributed by atoms with E-state index >= 15 is 0 Å². The molecule has 1 aromatic heterocycles. The summed E-state index contributed by atoms with van der Waals surface area (Å²) in [5, 5.41) is 10.7. The van der Waals surface area contributed by atoms with Crippen LogP contribution in [-0.4, -0.2) is 19.3 Å². The van der Waals surface area contributed by atoms with Gasteiger partial charge in [-0.3, -0.25) is 4.79 Å². The van der Waals surface area contributed by atoms with Crippen LogP contribution in [0.25, 0.3) is 0 Å². The number of amides is 1. The second kappa shape index (κ2) is 9.17. The summed E-state index contributed by atoms with van der Waals surface area (Å²) in [7, 11) is -4.07. The molecule has 0 unspecified atom stereocenters. The molecular weight excluding hydrogens is 410 g/mol. The minimum Gasteiger partial charge on any atom is -0.371 e. The molecule has 0 aliphatic heterocycles. The number of benzene rings is 2. The van der Waals surface area contributed by atoms with Gasteiger partial charge in [-0.15, -0.1) is 11.3 Å². The van der Waals surface area contributed by atoms with Crippen LogP contribution in [0.3, 0.4) is 0 Å². The molecule has 3 aromatic rings. The molecule has 0 radical (unpaired) electrons. The Morgan fingerprint density at radius 1 is 1.17 bits per heavy atom. The van der Waals surface area contributed by atoms with Crippen molar-refractivity contribution >= 4 is 27.5 Å². The number of nitrogens with one attached hydrogen (secondary N) is 1. The summed E-state index contributed by atoms with van der Waals surface area (Å²) >= 11 is 1.50. The molecule has 0 aliphatic carbocycles. The van der Waals surface area contributed by atoms with E-state index in [0.717, 1.165) is 22.7 Å². The van der Waals surface area contributed by atoms with E-state index in [4.69, 9.17) is 5.14 Å². The van der Waals surface area contributed by atoms with Gasteiger partial charge in [-0.1, -0.05) is 37.3 Å². The normalized spacial score (nSPS) is 12.3. The Hall–Kier alpha value is -2.75. The lowest BCUT2D eigenvalue weighted by Gasteiger charge is -2.17. The fourth-order valence-corrected chi connectivity index (χ4v) is 4.06. The number of nitrogens with two attached hydrogens (primary N) is 1. The first-order valence-corrected chi connectivity index (χ1v) is 11.3. The van der Waals surface area contributed by atoms with Gasteiger partial charge >= 0.3 is 10.3 Å². The highest BCUT2D eigenvalue weighted by atomic mass is 32.2. The van der Waals surface area contributed by atoms with E-state index in [2.05, 4.69) is 14.5 Å². The van der Waals surface area contributed by atoms with Gasteiger partial charge in [0.05, 0.1) is 11.7 Å². The summed E-state index contributed by atoms with van der Waals surface area (Å²) in [6.07, 6.45) is 1.31. The Morgan fingerprint density at radius 2 is 1.86 bits per heavy atom. The minimum absolute atomic E-state index is 0.128. The van der Waals surface area contributed by atoms with E-state index in [1.165, 1.54) is 23.5 Å². The molecule has 9 heteroatoms. The van der Waals surface area contributed by atoms with Crippen molar-refractivity contribution in [1.29, 1.82) is 0 Å². The number of aryl methyl sites for hydroxylation is 1. The van der Waals surface area contributed by atoms with Crippen molar-refractivity contribution in [1.82, 2.24) is 10.3 Å². The van der Waals surface area contributed by atoms with Crippen LogP contribution in [0.2, 0.25) is 0 Å². The molecule has 3 rings (SSSR count). The van der Waals surface area contributed by atoms with Crippen molar-refractivity contribution in [3.8, 4) is 5.75 Å². The predicted octanol–water partition coefficient (Wildman–Crippen LogP) is 3.00. The number of aromatic nitrogens is 1. The summed E-state index contributed by atoms with van der Waals surface area (Å²) in [6, 6.07) is 15.2. The molecule has 1 heterocycles. The van der Waals surface area contributed by atoms with Crippen LogP contribution in [0.1, 0.15) is 39.6 Å². The van der Waals surface area contributed by atoms with Gasteiger partial charge < -0.3 is 9.50 Å². The number of carbonyl (C=O) groups is 1. The predicted molar refractivity (Wildman–Crippen MR) is 112 cm³/mol. The zero-order valence-electron chi connectivity index (χ0n) is 15.7. The zero-order valence-corrected chi connectivity index (χ0v) is 17.4. The third-order valence-electron chi connectivity index (χ3n) is 4.15. The van der Waals surface area contributed by atoms with Crippen LogP contribution in [0.4, 0.5) is 0 Å². The molecule has 0 aliphatic rings. The van der Waals surface area contributed by atoms with Crippen molar-refractivity contribution in [3.05, 3.63) is 81.8 Å². The zero-order chi connectivity index (χ0) is 20.9. The minimum atomic E-state index is -4.07. The van der Waals surface area contributed by atoms with E-state index < -0.39 is 10.3 Å². The standard InChI is InChI=1S/C20H21N3O4S2/c1-2-16-13-28-20(22-16)18(23-19(24)15-6-4-3-5-7-15)12-14-8-10-17(11-9-14)27-29(21,25)26/h3-11,13,18H,2,12H2,1H3,(H,23,24)(H2,21,25,26)/t18-/m0/s1. The Balaban J connectivity index is 1.80. The molecule has 0 saturated carbocycles. The van der Waals surface area contributed by atoms with Crippen molar-refractivity contribution in [2.24, 2.45) is 5.14 Å². The van der Waals surface area contributed by atoms with Gasteiger partial charge in [0.25, 0.3) is 5.91 Å². The molecule has 7 nitrogen and oxygen atoms in total. The Kier molecular flexibility index (Phi) is 6.63. The summed E-state index contributed by atoms with van der Waals surface area (Å²) in [5.74, 6) is -0.0540. The lowest BCUT2D eigenvalue weighted by atomic mass is 10.1. The Labute approximate surface area is 173 Å². The number of rotatable bonds is 8. The van der Waals surface area contributed by atoms with Gasteiger partial charge in [0.1, 0.15) is 10.8 Å². The van der Waals surface area contributed by atoms with E-state index in [1.54, 1.807) is 24.3 Å². The Bertz CT molecular complexity index is 1060. The average molecular weight is 432 g/mol. The molecule has 3 N–H and O–H groups in total. The molecule has 1 atom stereocenters. The highest BCUT2D eigenvalue weighted by molar-refractivity contribution is 7.84. The molecular formula is C20H21N3O4S2. The van der Waals surface area contributed by atoms with E-state index in [1.807, 2.05) is 30.5 Å². The second-order valence-electron chi connectivity index (χ2n) is 6.35. The first-order chi connectivity index (χ1) is 13.8. The maximum absolute atomic E-state index is 12.7. The molecule has 2 aromatic carbocycles. The largest absolute Gasteiger partial charge is 0.380 e. The van der Waals surface area contributed by atoms with Gasteiger partial charge in [0, 0.05) is 10.9 Å². The number of carbonyl (C=O) groups excluding carboxylic acids is 1. The third-order valence-corrected chi connectivity index (χ3v) is 5.58. The average Bonchev–Trinajstić information content (AvgIpc) is 3.18. The monoisotopic (exact) mass is 431 g/mol. The van der Waals surface area contributed by atoms with Gasteiger partial charge in [-0.2, -0.15) is 13.6 Å². The van der Waals surface area contributed by atoms with Gasteiger partial charge in [-0.05, 0) is 42.7 Å². The second-order valence-corrected chi connectivity index (χ2v) is 8.39. The lowest BCUT2D eigenvalue weighted by molar-refractivity contribution is 0.0936. The molecule has 0 fully saturated rings. The van der Waals surface area contributed by atoms with Crippen molar-refractivity contribution in [2.45, 2.75) is 25.8 Å². The van der Waals surface area contributed by atoms with Crippen LogP contribution in [0.15, 0.2) is 60.0 Å². The summed E-state index contributed by atoms with van der Waals surface area (Å²) in [4.78, 5) is 17.3. The van der Waals surface area contributed by atoms with Gasteiger partial charge in [-0.25, -0.2) is 4.98 Å². The highest BCUT2D eigenvalue weighted by Gasteiger charge is 2.20. The summed E-state index contributed by atoms with van der Waals surface area (Å²) in [6.45, 7) is 2.03. The van der Waals surface area contributed by atoms with E-state index in [-0.39, 0.29) is 17.7 Å². The van der Waals surface area contributed by atoms with Crippen LogP contribution in [0.5, 0.6) is 5.75 Å². The fraction of sp³-hybridized carbons (Fsp3) is 0.200. The number of hydrogen-bond donors (Lipinski definition) is 2. The lowest BCUT2D eigenvalue weighted by Crippen LogP contribution is -2.30. The number of thiazole rings is 1. The fourth-order valence-electron chi connectivity index (χ4n) is 2.73. The van der Waals surface area contributed by atoms with Crippen molar-refractivity contribution in [3.63, 3.8) is 0 Å². The molecule has 152 valence electrons. The molecule has 29 heavy (non-hydrogen) atoms. The van der Waals surface area contributed by atoms with Gasteiger partial charge in [0.15, 0.2) is 0 Å².